The predicted molar refractivity (Wildman–Crippen MR) is 268 cm³/mol. The summed E-state index contributed by atoms with van der Waals surface area (Å²) in [5, 5.41) is 19.3. The minimum Gasteiger partial charge on any atom is -0.228 e. The van der Waals surface area contributed by atoms with E-state index in [-0.39, 0.29) is 0 Å². The number of hydrogen-bond acceptors (Lipinski definition) is 4. The zero-order valence-corrected chi connectivity index (χ0v) is 38.4. The van der Waals surface area contributed by atoms with Crippen LogP contribution in [0.2, 0.25) is 0 Å². The van der Waals surface area contributed by atoms with E-state index in [1.54, 1.807) is 6.07 Å². The van der Waals surface area contributed by atoms with Crippen molar-refractivity contribution in [3.63, 3.8) is 0 Å². The maximum Gasteiger partial charge on any atom is 0.160 e. The minimum atomic E-state index is 0.466. The van der Waals surface area contributed by atoms with E-state index < -0.39 is 0 Å². The fraction of sp³-hybridized carbons (Fsp3) is 0.300. The zero-order chi connectivity index (χ0) is 44.7. The van der Waals surface area contributed by atoms with Crippen LogP contribution in [0.4, 0.5) is 0 Å². The predicted octanol–water partition coefficient (Wildman–Crippen LogP) is 16.6. The first kappa shape index (κ1) is 45.4. The Bertz CT molecular complexity index is 2710. The standard InChI is InChI=1S/C60H62N4/c1-5-7-9-11-13-15-22-49-39-57(51(34-44(49)4)23-16-14-12-10-8-6-2)59-40-58(53-26-20-25-52(38-53)56-28-18-17-27-55(56)50-24-19-21-43(3)33-50)63-60(64-59)48-31-29-47(30-32-48)54-36-45(41-61)35-46(37-54)42-62/h17-21,24-40H,5-16,22-23H2,1-4H3. The van der Waals surface area contributed by atoms with Crippen LogP contribution in [0.5, 0.6) is 0 Å². The molecule has 0 aliphatic carbocycles. The third kappa shape index (κ3) is 11.7. The monoisotopic (exact) mass is 838 g/mol. The van der Waals surface area contributed by atoms with Crippen LogP contribution in [-0.4, -0.2) is 9.97 Å². The van der Waals surface area contributed by atoms with E-state index in [9.17, 15) is 10.5 Å². The molecule has 64 heavy (non-hydrogen) atoms. The van der Waals surface area contributed by atoms with E-state index in [1.165, 1.54) is 115 Å². The molecule has 0 N–H and O–H groups in total. The van der Waals surface area contributed by atoms with E-state index in [4.69, 9.17) is 9.97 Å². The number of hydrogen-bond donors (Lipinski definition) is 0. The number of nitriles is 2. The van der Waals surface area contributed by atoms with Gasteiger partial charge in [0.25, 0.3) is 0 Å². The molecular weight excluding hydrogens is 777 g/mol. The van der Waals surface area contributed by atoms with Crippen LogP contribution >= 0.6 is 0 Å². The van der Waals surface area contributed by atoms with Gasteiger partial charge < -0.3 is 0 Å². The van der Waals surface area contributed by atoms with Gasteiger partial charge in [0.2, 0.25) is 0 Å². The summed E-state index contributed by atoms with van der Waals surface area (Å²) in [6.07, 6.45) is 17.2. The van der Waals surface area contributed by atoms with Gasteiger partial charge in [-0.1, -0.05) is 181 Å². The largest absolute Gasteiger partial charge is 0.228 e. The number of nitrogens with zero attached hydrogens (tertiary/aromatic N) is 4. The molecule has 0 fully saturated rings. The molecule has 0 amide bonds. The van der Waals surface area contributed by atoms with Crippen molar-refractivity contribution in [3.8, 4) is 79.4 Å². The Morgan fingerprint density at radius 1 is 0.406 bits per heavy atom. The SMILES string of the molecule is CCCCCCCCc1cc(-c2cc(-c3cccc(-c4ccccc4-c4cccc(C)c4)c3)nc(-c3ccc(-c4cc(C#N)cc(C#N)c4)cc3)n2)c(CCCCCCCC)cc1C. The third-order valence-corrected chi connectivity index (χ3v) is 12.6. The smallest absolute Gasteiger partial charge is 0.160 e. The molecule has 0 aliphatic heterocycles. The highest BCUT2D eigenvalue weighted by Gasteiger charge is 2.17. The number of benzene rings is 6. The van der Waals surface area contributed by atoms with Gasteiger partial charge in [0, 0.05) is 16.7 Å². The molecule has 0 radical (unpaired) electrons. The molecular formula is C60H62N4. The molecule has 4 heteroatoms. The molecule has 0 bridgehead atoms. The summed E-state index contributed by atoms with van der Waals surface area (Å²) in [7, 11) is 0. The van der Waals surface area contributed by atoms with Gasteiger partial charge in [-0.15, -0.1) is 0 Å². The van der Waals surface area contributed by atoms with Crippen molar-refractivity contribution in [2.45, 2.75) is 118 Å². The maximum atomic E-state index is 9.67. The second kappa shape index (κ2) is 22.6. The van der Waals surface area contributed by atoms with Crippen LogP contribution in [-0.2, 0) is 12.8 Å². The molecule has 1 heterocycles. The van der Waals surface area contributed by atoms with Crippen LogP contribution in [0, 0.1) is 36.5 Å². The van der Waals surface area contributed by atoms with Crippen molar-refractivity contribution in [3.05, 3.63) is 167 Å². The number of aromatic nitrogens is 2. The van der Waals surface area contributed by atoms with Crippen LogP contribution in [0.3, 0.4) is 0 Å². The van der Waals surface area contributed by atoms with Crippen LogP contribution in [0.1, 0.15) is 124 Å². The summed E-state index contributed by atoms with van der Waals surface area (Å²) in [6.45, 7) is 9.00. The Labute approximate surface area is 382 Å². The highest BCUT2D eigenvalue weighted by Crippen LogP contribution is 2.37. The molecule has 0 spiro atoms. The first-order chi connectivity index (χ1) is 31.4. The van der Waals surface area contributed by atoms with E-state index in [0.29, 0.717) is 17.0 Å². The molecule has 4 nitrogen and oxygen atoms in total. The van der Waals surface area contributed by atoms with Crippen molar-refractivity contribution in [1.29, 1.82) is 10.5 Å². The molecule has 322 valence electrons. The van der Waals surface area contributed by atoms with Gasteiger partial charge >= 0.3 is 0 Å². The van der Waals surface area contributed by atoms with Crippen molar-refractivity contribution >= 4 is 0 Å². The Morgan fingerprint density at radius 2 is 0.953 bits per heavy atom. The third-order valence-electron chi connectivity index (χ3n) is 12.6. The lowest BCUT2D eigenvalue weighted by atomic mass is 9.90. The molecule has 0 saturated heterocycles. The second-order valence-corrected chi connectivity index (χ2v) is 17.5. The molecule has 7 rings (SSSR count). The Balaban J connectivity index is 1.34. The number of aryl methyl sites for hydroxylation is 4. The van der Waals surface area contributed by atoms with Gasteiger partial charge in [-0.2, -0.15) is 10.5 Å². The minimum absolute atomic E-state index is 0.466. The second-order valence-electron chi connectivity index (χ2n) is 17.5. The van der Waals surface area contributed by atoms with Gasteiger partial charge in [-0.25, -0.2) is 9.97 Å². The lowest BCUT2D eigenvalue weighted by Gasteiger charge is -2.17. The Morgan fingerprint density at radius 3 is 1.58 bits per heavy atom. The summed E-state index contributed by atoms with van der Waals surface area (Å²) < 4.78 is 0. The van der Waals surface area contributed by atoms with Gasteiger partial charge in [0.1, 0.15) is 0 Å². The Hall–Kier alpha value is -6.62. The molecule has 1 aromatic heterocycles. The topological polar surface area (TPSA) is 73.4 Å². The average molecular weight is 839 g/mol. The molecule has 0 aliphatic rings. The lowest BCUT2D eigenvalue weighted by molar-refractivity contribution is 0.605. The zero-order valence-electron chi connectivity index (χ0n) is 38.4. The first-order valence-corrected chi connectivity index (χ1v) is 23.7. The van der Waals surface area contributed by atoms with Gasteiger partial charge in [0.15, 0.2) is 5.82 Å². The fourth-order valence-corrected chi connectivity index (χ4v) is 8.96. The van der Waals surface area contributed by atoms with Crippen molar-refractivity contribution in [1.82, 2.24) is 9.97 Å². The maximum absolute atomic E-state index is 9.67. The van der Waals surface area contributed by atoms with E-state index in [0.717, 1.165) is 58.5 Å². The summed E-state index contributed by atoms with van der Waals surface area (Å²) in [4.78, 5) is 10.8. The normalized spacial score (nSPS) is 11.0. The van der Waals surface area contributed by atoms with E-state index in [1.807, 2.05) is 24.3 Å². The molecule has 0 unspecified atom stereocenters. The van der Waals surface area contributed by atoms with Crippen LogP contribution in [0.25, 0.3) is 67.3 Å². The number of rotatable bonds is 20. The Kier molecular flexibility index (Phi) is 16.1. The molecule has 0 saturated carbocycles. The average Bonchev–Trinajstić information content (AvgIpc) is 3.34. The summed E-state index contributed by atoms with van der Waals surface area (Å²) in [6, 6.07) is 51.2. The van der Waals surface area contributed by atoms with E-state index >= 15 is 0 Å². The summed E-state index contributed by atoms with van der Waals surface area (Å²) in [5.74, 6) is 0.664. The molecule has 0 atom stereocenters. The molecule has 6 aromatic carbocycles. The summed E-state index contributed by atoms with van der Waals surface area (Å²) >= 11 is 0. The highest BCUT2D eigenvalue weighted by atomic mass is 14.9. The van der Waals surface area contributed by atoms with Crippen LogP contribution in [0.15, 0.2) is 133 Å². The summed E-state index contributed by atoms with van der Waals surface area (Å²) in [5.41, 5.74) is 17.8. The van der Waals surface area contributed by atoms with E-state index in [2.05, 4.69) is 143 Å². The van der Waals surface area contributed by atoms with Crippen molar-refractivity contribution < 1.29 is 0 Å². The first-order valence-electron chi connectivity index (χ1n) is 23.7. The fourth-order valence-electron chi connectivity index (χ4n) is 8.96. The van der Waals surface area contributed by atoms with Gasteiger partial charge in [-0.05, 0) is 126 Å². The van der Waals surface area contributed by atoms with Crippen molar-refractivity contribution in [2.75, 3.05) is 0 Å². The van der Waals surface area contributed by atoms with Crippen molar-refractivity contribution in [2.24, 2.45) is 0 Å². The number of unbranched alkanes of at least 4 members (excludes halogenated alkanes) is 10. The highest BCUT2D eigenvalue weighted by molar-refractivity contribution is 5.86. The van der Waals surface area contributed by atoms with Gasteiger partial charge in [0.05, 0.1) is 34.7 Å². The molecule has 7 aromatic rings. The lowest BCUT2D eigenvalue weighted by Crippen LogP contribution is -2.02. The quantitative estimate of drug-likeness (QED) is 0.0717. The van der Waals surface area contributed by atoms with Gasteiger partial charge in [-0.3, -0.25) is 0 Å². The van der Waals surface area contributed by atoms with Crippen LogP contribution < -0.4 is 0 Å².